The van der Waals surface area contributed by atoms with E-state index in [0.717, 1.165) is 5.56 Å². The first-order valence-corrected chi connectivity index (χ1v) is 8.61. The third-order valence-electron chi connectivity index (χ3n) is 3.88. The van der Waals surface area contributed by atoms with Crippen LogP contribution in [-0.4, -0.2) is 60.9 Å². The number of amides is 2. The van der Waals surface area contributed by atoms with Crippen LogP contribution in [0.4, 0.5) is 0 Å². The molecule has 3 atom stereocenters. The summed E-state index contributed by atoms with van der Waals surface area (Å²) in [5.74, 6) is -2.11. The Labute approximate surface area is 151 Å². The van der Waals surface area contributed by atoms with Crippen LogP contribution >= 0.6 is 0 Å². The summed E-state index contributed by atoms with van der Waals surface area (Å²) >= 11 is 0. The Kier molecular flexibility index (Phi) is 7.55. The number of hydrogen-bond acceptors (Lipinski definition) is 5. The number of carbonyl (C=O) groups is 3. The maximum absolute atomic E-state index is 12.5. The second kappa shape index (κ2) is 9.88. The third kappa shape index (κ3) is 6.12. The summed E-state index contributed by atoms with van der Waals surface area (Å²) in [5.41, 5.74) is 0.883. The fraction of sp³-hybridized carbons (Fsp3) is 0.500. The fourth-order valence-corrected chi connectivity index (χ4v) is 2.47. The summed E-state index contributed by atoms with van der Waals surface area (Å²) in [4.78, 5) is 35.4. The topological polar surface area (TPSA) is 117 Å². The predicted molar refractivity (Wildman–Crippen MR) is 92.5 cm³/mol. The second-order valence-corrected chi connectivity index (χ2v) is 5.91. The van der Waals surface area contributed by atoms with Gasteiger partial charge in [0.25, 0.3) is 5.91 Å². The molecule has 1 aliphatic rings. The molecule has 2 rings (SSSR count). The minimum Gasteiger partial charge on any atom is -0.479 e. The molecule has 1 aromatic carbocycles. The van der Waals surface area contributed by atoms with Gasteiger partial charge in [-0.05, 0) is 18.9 Å². The highest BCUT2D eigenvalue weighted by molar-refractivity contribution is 5.95. The number of carboxylic acids is 1. The van der Waals surface area contributed by atoms with Crippen LogP contribution in [0.25, 0.3) is 0 Å². The van der Waals surface area contributed by atoms with E-state index in [0.29, 0.717) is 32.6 Å². The van der Waals surface area contributed by atoms with Crippen molar-refractivity contribution in [3.63, 3.8) is 0 Å². The Bertz CT molecular complexity index is 621. The SMILES string of the molecule is CCOCCCNC(=O)[C@H](Cc1ccccc1)NC(=O)[C@H]1O[C@@H]1C(=O)O. The quantitative estimate of drug-likeness (QED) is 0.379. The lowest BCUT2D eigenvalue weighted by atomic mass is 10.0. The van der Waals surface area contributed by atoms with E-state index in [9.17, 15) is 14.4 Å². The molecule has 0 unspecified atom stereocenters. The number of nitrogens with one attached hydrogen (secondary N) is 2. The summed E-state index contributed by atoms with van der Waals surface area (Å²) in [6.45, 7) is 3.49. The molecule has 8 heteroatoms. The fourth-order valence-electron chi connectivity index (χ4n) is 2.47. The predicted octanol–water partition coefficient (Wildman–Crippen LogP) is 0.109. The molecule has 1 aliphatic heterocycles. The van der Waals surface area contributed by atoms with Gasteiger partial charge in [-0.3, -0.25) is 9.59 Å². The van der Waals surface area contributed by atoms with Crippen molar-refractivity contribution in [3.05, 3.63) is 35.9 Å². The Morgan fingerprint density at radius 2 is 1.96 bits per heavy atom. The average Bonchev–Trinajstić information content (AvgIpc) is 3.43. The second-order valence-electron chi connectivity index (χ2n) is 5.91. The van der Waals surface area contributed by atoms with Crippen LogP contribution in [0, 0.1) is 0 Å². The van der Waals surface area contributed by atoms with E-state index < -0.39 is 30.1 Å². The Balaban J connectivity index is 1.91. The van der Waals surface area contributed by atoms with Gasteiger partial charge < -0.3 is 25.2 Å². The number of rotatable bonds is 11. The van der Waals surface area contributed by atoms with Gasteiger partial charge in [0.2, 0.25) is 5.91 Å². The van der Waals surface area contributed by atoms with Crippen molar-refractivity contribution in [3.8, 4) is 0 Å². The molecule has 0 radical (unpaired) electrons. The largest absolute Gasteiger partial charge is 0.479 e. The lowest BCUT2D eigenvalue weighted by molar-refractivity contribution is -0.138. The van der Waals surface area contributed by atoms with Crippen LogP contribution in [-0.2, 0) is 30.3 Å². The van der Waals surface area contributed by atoms with Crippen molar-refractivity contribution >= 4 is 17.8 Å². The van der Waals surface area contributed by atoms with Crippen LogP contribution in [0.3, 0.4) is 0 Å². The normalized spacial score (nSPS) is 19.4. The number of carboxylic acid groups (broad SMARTS) is 1. The molecule has 2 amide bonds. The summed E-state index contributed by atoms with van der Waals surface area (Å²) in [6.07, 6.45) is -1.22. The third-order valence-corrected chi connectivity index (χ3v) is 3.88. The molecule has 0 aliphatic carbocycles. The Morgan fingerprint density at radius 3 is 2.58 bits per heavy atom. The first-order chi connectivity index (χ1) is 12.5. The van der Waals surface area contributed by atoms with E-state index in [1.807, 2.05) is 37.3 Å². The van der Waals surface area contributed by atoms with Gasteiger partial charge in [0.1, 0.15) is 6.04 Å². The molecule has 1 fully saturated rings. The minimum atomic E-state index is -1.19. The average molecular weight is 364 g/mol. The number of carbonyl (C=O) groups excluding carboxylic acids is 2. The zero-order valence-corrected chi connectivity index (χ0v) is 14.6. The lowest BCUT2D eigenvalue weighted by Crippen LogP contribution is -2.49. The van der Waals surface area contributed by atoms with Gasteiger partial charge in [-0.2, -0.15) is 0 Å². The molecule has 0 aromatic heterocycles. The standard InChI is InChI=1S/C18H24N2O6/c1-2-25-10-6-9-19-16(21)13(11-12-7-4-3-5-8-12)20-17(22)14-15(26-14)18(23)24/h3-5,7-8,13-15H,2,6,9-11H2,1H3,(H,19,21)(H,20,22)(H,23,24)/t13-,14-,15-/m0/s1. The molecule has 0 saturated carbocycles. The number of aliphatic carboxylic acids is 1. The molecular weight excluding hydrogens is 340 g/mol. The van der Waals surface area contributed by atoms with Crippen molar-refractivity contribution in [2.75, 3.05) is 19.8 Å². The van der Waals surface area contributed by atoms with E-state index in [4.69, 9.17) is 14.6 Å². The van der Waals surface area contributed by atoms with Crippen LogP contribution in [0.5, 0.6) is 0 Å². The minimum absolute atomic E-state index is 0.300. The first-order valence-electron chi connectivity index (χ1n) is 8.61. The molecule has 3 N–H and O–H groups in total. The Morgan fingerprint density at radius 1 is 1.23 bits per heavy atom. The molecule has 1 saturated heterocycles. The highest BCUT2D eigenvalue weighted by Gasteiger charge is 2.51. The van der Waals surface area contributed by atoms with Crippen molar-refractivity contribution in [2.45, 2.75) is 38.0 Å². The van der Waals surface area contributed by atoms with E-state index >= 15 is 0 Å². The Hall–Kier alpha value is -2.45. The van der Waals surface area contributed by atoms with Gasteiger partial charge in [-0.25, -0.2) is 4.79 Å². The van der Waals surface area contributed by atoms with E-state index in [2.05, 4.69) is 10.6 Å². The number of ether oxygens (including phenoxy) is 2. The molecular formula is C18H24N2O6. The van der Waals surface area contributed by atoms with Gasteiger partial charge in [0.05, 0.1) is 0 Å². The summed E-state index contributed by atoms with van der Waals surface area (Å²) < 4.78 is 10.1. The van der Waals surface area contributed by atoms with Crippen molar-refractivity contribution in [1.82, 2.24) is 10.6 Å². The first kappa shape index (κ1) is 19.9. The molecule has 0 spiro atoms. The summed E-state index contributed by atoms with van der Waals surface area (Å²) in [5, 5.41) is 14.2. The molecule has 8 nitrogen and oxygen atoms in total. The van der Waals surface area contributed by atoms with Crippen LogP contribution in [0.15, 0.2) is 30.3 Å². The van der Waals surface area contributed by atoms with Gasteiger partial charge >= 0.3 is 5.97 Å². The molecule has 26 heavy (non-hydrogen) atoms. The number of hydrogen-bond donors (Lipinski definition) is 3. The summed E-state index contributed by atoms with van der Waals surface area (Å²) in [7, 11) is 0. The van der Waals surface area contributed by atoms with E-state index in [1.165, 1.54) is 0 Å². The molecule has 1 heterocycles. The van der Waals surface area contributed by atoms with E-state index in [-0.39, 0.29) is 5.91 Å². The van der Waals surface area contributed by atoms with Gasteiger partial charge in [-0.15, -0.1) is 0 Å². The molecule has 0 bridgehead atoms. The van der Waals surface area contributed by atoms with E-state index in [1.54, 1.807) is 0 Å². The smallest absolute Gasteiger partial charge is 0.336 e. The van der Waals surface area contributed by atoms with Crippen LogP contribution in [0.2, 0.25) is 0 Å². The maximum Gasteiger partial charge on any atom is 0.336 e. The highest BCUT2D eigenvalue weighted by Crippen LogP contribution is 2.22. The van der Waals surface area contributed by atoms with Gasteiger partial charge in [-0.1, -0.05) is 30.3 Å². The highest BCUT2D eigenvalue weighted by atomic mass is 16.6. The number of epoxide rings is 1. The molecule has 1 aromatic rings. The summed E-state index contributed by atoms with van der Waals surface area (Å²) in [6, 6.07) is 8.46. The zero-order chi connectivity index (χ0) is 18.9. The van der Waals surface area contributed by atoms with Crippen molar-refractivity contribution in [1.29, 1.82) is 0 Å². The monoisotopic (exact) mass is 364 g/mol. The maximum atomic E-state index is 12.5. The van der Waals surface area contributed by atoms with Crippen LogP contribution in [0.1, 0.15) is 18.9 Å². The van der Waals surface area contributed by atoms with Gasteiger partial charge in [0, 0.05) is 26.2 Å². The van der Waals surface area contributed by atoms with Crippen LogP contribution < -0.4 is 10.6 Å². The molecule has 142 valence electrons. The van der Waals surface area contributed by atoms with Crippen molar-refractivity contribution in [2.24, 2.45) is 0 Å². The lowest BCUT2D eigenvalue weighted by Gasteiger charge is -2.18. The number of benzene rings is 1. The zero-order valence-electron chi connectivity index (χ0n) is 14.6. The van der Waals surface area contributed by atoms with Crippen molar-refractivity contribution < 1.29 is 29.0 Å². The van der Waals surface area contributed by atoms with Gasteiger partial charge in [0.15, 0.2) is 12.2 Å².